The monoisotopic (exact) mass is 1290 g/mol. The van der Waals surface area contributed by atoms with Crippen LogP contribution in [0.3, 0.4) is 0 Å². The van der Waals surface area contributed by atoms with Crippen molar-refractivity contribution < 1.29 is 49.4 Å². The highest BCUT2D eigenvalue weighted by atomic mass is 32.2. The number of carbonyl (C=O) groups excluding carboxylic acids is 2. The van der Waals surface area contributed by atoms with Crippen molar-refractivity contribution >= 4 is 92.2 Å². The van der Waals surface area contributed by atoms with Crippen molar-refractivity contribution in [1.29, 1.82) is 0 Å². The number of hydrogen-bond donors (Lipinski definition) is 0. The predicted octanol–water partition coefficient (Wildman–Crippen LogP) is 11.3. The van der Waals surface area contributed by atoms with Crippen LogP contribution in [-0.2, 0) is 35.0 Å². The van der Waals surface area contributed by atoms with Gasteiger partial charge in [-0.15, -0.1) is 23.5 Å². The topological polar surface area (TPSA) is 165 Å². The van der Waals surface area contributed by atoms with Gasteiger partial charge in [0.1, 0.15) is 17.7 Å². The van der Waals surface area contributed by atoms with Crippen molar-refractivity contribution in [3.05, 3.63) is 128 Å². The fraction of sp³-hybridized carbons (Fsp3) is 0.468. The molecule has 1 saturated carbocycles. The first kappa shape index (κ1) is 62.2. The van der Waals surface area contributed by atoms with Crippen LogP contribution in [-0.4, -0.2) is 141 Å². The van der Waals surface area contributed by atoms with Crippen LogP contribution in [0.25, 0.3) is 33.5 Å². The zero-order valence-electron chi connectivity index (χ0n) is 49.0. The molecule has 4 aromatic heterocycles. The molecule has 0 radical (unpaired) electrons. The minimum atomic E-state index is -4.92. The molecule has 6 aromatic rings. The lowest BCUT2D eigenvalue weighted by Crippen LogP contribution is -2.58. The van der Waals surface area contributed by atoms with Crippen molar-refractivity contribution in [2.45, 2.75) is 143 Å². The highest BCUT2D eigenvalue weighted by Crippen LogP contribution is 2.53. The fourth-order valence-electron chi connectivity index (χ4n) is 13.8. The van der Waals surface area contributed by atoms with Gasteiger partial charge in [-0.05, 0) is 118 Å². The number of thioether (sulfide) groups is 3. The van der Waals surface area contributed by atoms with Crippen LogP contribution in [0.2, 0.25) is 0 Å². The summed E-state index contributed by atoms with van der Waals surface area (Å²) in [6.07, 6.45) is -1.05. The summed E-state index contributed by atoms with van der Waals surface area (Å²) in [5, 5.41) is 0.203. The first-order chi connectivity index (χ1) is 42.4. The number of alkyl halides is 8. The van der Waals surface area contributed by atoms with Gasteiger partial charge in [-0.25, -0.2) is 28.3 Å². The molecule has 9 heterocycles. The van der Waals surface area contributed by atoms with Gasteiger partial charge in [0, 0.05) is 149 Å². The molecule has 5 aliphatic heterocycles. The Bertz CT molecular complexity index is 3960. The third-order valence-electron chi connectivity index (χ3n) is 17.7. The van der Waals surface area contributed by atoms with Crippen LogP contribution in [0.1, 0.15) is 105 Å². The molecular formula is C62H63F8N11O5S3. The smallest absolute Gasteiger partial charge is 0.417 e. The molecule has 89 heavy (non-hydrogen) atoms. The van der Waals surface area contributed by atoms with Crippen LogP contribution in [0, 0.1) is 0 Å². The zero-order chi connectivity index (χ0) is 63.0. The van der Waals surface area contributed by atoms with Gasteiger partial charge in [0.15, 0.2) is 0 Å². The van der Waals surface area contributed by atoms with Crippen LogP contribution < -0.4 is 25.9 Å². The van der Waals surface area contributed by atoms with Gasteiger partial charge in [-0.3, -0.25) is 23.7 Å². The molecule has 12 rings (SSSR count). The average Bonchev–Trinajstić information content (AvgIpc) is 1.85. The molecular weight excluding hydrogens is 1230 g/mol. The molecule has 6 atom stereocenters. The number of halogens is 8. The molecule has 6 aliphatic rings. The lowest BCUT2D eigenvalue weighted by Gasteiger charge is -2.44. The number of ether oxygens (including phenoxy) is 1. The van der Waals surface area contributed by atoms with Gasteiger partial charge in [0.05, 0.1) is 28.7 Å². The summed E-state index contributed by atoms with van der Waals surface area (Å²) in [7, 11) is 0. The maximum atomic E-state index is 15.6. The van der Waals surface area contributed by atoms with E-state index < -0.39 is 95.7 Å². The Morgan fingerprint density at radius 3 is 1.87 bits per heavy atom. The van der Waals surface area contributed by atoms with Crippen LogP contribution in [0.5, 0.6) is 6.01 Å². The van der Waals surface area contributed by atoms with Gasteiger partial charge in [0.2, 0.25) is 17.7 Å². The molecule has 1 unspecified atom stereocenters. The van der Waals surface area contributed by atoms with E-state index in [4.69, 9.17) is 4.74 Å². The lowest BCUT2D eigenvalue weighted by molar-refractivity contribution is -0.139. The SMILES string of the molecule is C=CC(=O)N1[C@H](C)CN(c2nc(=O)n3c4c(c(C5CCC(F)(F)CC5)c(C(F)(F)F)cc24)SCC(c2cc(/C=C\C(=O)N4[C@H](C)CN(c5nc(=O)n6c7c(c(C8=CCSCC8)c(C(F)(F)F)cc57)SC[C@@H](Oc5ncccn5)C6)C[C@@H]4C)ccn2)C3)C[C@@H]1C. The second kappa shape index (κ2) is 24.3. The first-order valence-electron chi connectivity index (χ1n) is 29.5. The quantitative estimate of drug-likeness (QED) is 0.0939. The number of nitrogens with zero attached hydrogens (tertiary/aromatic N) is 11. The maximum Gasteiger partial charge on any atom is 0.417 e. The highest BCUT2D eigenvalue weighted by Gasteiger charge is 2.45. The van der Waals surface area contributed by atoms with E-state index in [9.17, 15) is 28.0 Å². The number of carbonyl (C=O) groups is 2. The van der Waals surface area contributed by atoms with E-state index in [-0.39, 0.29) is 125 Å². The molecule has 2 saturated heterocycles. The number of pyridine rings is 1. The van der Waals surface area contributed by atoms with E-state index in [1.807, 2.05) is 6.08 Å². The number of piperazine rings is 2. The first-order valence-corrected chi connectivity index (χ1v) is 32.6. The number of amides is 2. The summed E-state index contributed by atoms with van der Waals surface area (Å²) in [6.45, 7) is 11.2. The number of rotatable bonds is 10. The van der Waals surface area contributed by atoms with Crippen molar-refractivity contribution in [3.8, 4) is 6.01 Å². The fourth-order valence-corrected chi connectivity index (χ4v) is 17.4. The summed E-state index contributed by atoms with van der Waals surface area (Å²) < 4.78 is 132. The molecule has 2 aromatic carbocycles. The second-order valence-electron chi connectivity index (χ2n) is 23.8. The normalized spacial score (nSPS) is 23.6. The Morgan fingerprint density at radius 1 is 0.708 bits per heavy atom. The minimum absolute atomic E-state index is 0.0254. The molecule has 0 N–H and O–H groups in total. The number of allylic oxidation sites excluding steroid dienone is 1. The Kier molecular flexibility index (Phi) is 17.0. The Hall–Kier alpha value is -7.00. The molecule has 27 heteroatoms. The van der Waals surface area contributed by atoms with E-state index >= 15 is 26.3 Å². The van der Waals surface area contributed by atoms with E-state index in [1.54, 1.807) is 83.3 Å². The molecule has 16 nitrogen and oxygen atoms in total. The van der Waals surface area contributed by atoms with Crippen molar-refractivity contribution in [3.63, 3.8) is 0 Å². The van der Waals surface area contributed by atoms with Crippen LogP contribution in [0.4, 0.5) is 46.8 Å². The van der Waals surface area contributed by atoms with E-state index in [0.29, 0.717) is 45.2 Å². The Morgan fingerprint density at radius 2 is 1.28 bits per heavy atom. The number of hydrogen-bond acceptors (Lipinski definition) is 15. The molecule has 470 valence electrons. The zero-order valence-corrected chi connectivity index (χ0v) is 51.4. The molecule has 2 amide bonds. The minimum Gasteiger partial charge on any atom is -0.457 e. The second-order valence-corrected chi connectivity index (χ2v) is 27.0. The third-order valence-corrected chi connectivity index (χ3v) is 21.1. The molecule has 0 bridgehead atoms. The number of benzene rings is 2. The summed E-state index contributed by atoms with van der Waals surface area (Å²) in [5.41, 5.74) is -1.22. The predicted molar refractivity (Wildman–Crippen MR) is 328 cm³/mol. The van der Waals surface area contributed by atoms with Gasteiger partial charge in [-0.1, -0.05) is 12.7 Å². The largest absolute Gasteiger partial charge is 0.457 e. The van der Waals surface area contributed by atoms with E-state index in [2.05, 4.69) is 31.5 Å². The summed E-state index contributed by atoms with van der Waals surface area (Å²) >= 11 is 3.93. The van der Waals surface area contributed by atoms with Crippen molar-refractivity contribution in [2.75, 3.05) is 59.0 Å². The van der Waals surface area contributed by atoms with Gasteiger partial charge >= 0.3 is 29.7 Å². The maximum absolute atomic E-state index is 15.6. The number of aromatic nitrogens is 7. The van der Waals surface area contributed by atoms with Crippen LogP contribution >= 0.6 is 35.3 Å². The van der Waals surface area contributed by atoms with E-state index in [0.717, 1.165) is 23.9 Å². The highest BCUT2D eigenvalue weighted by molar-refractivity contribution is 8.00. The summed E-state index contributed by atoms with van der Waals surface area (Å²) in [4.78, 5) is 85.6. The molecule has 1 aliphatic carbocycles. The Balaban J connectivity index is 0.837. The van der Waals surface area contributed by atoms with Gasteiger partial charge < -0.3 is 24.3 Å². The summed E-state index contributed by atoms with van der Waals surface area (Å²) in [5.74, 6) is -3.66. The third kappa shape index (κ3) is 12.1. The van der Waals surface area contributed by atoms with Crippen molar-refractivity contribution in [1.82, 2.24) is 43.9 Å². The standard InChI is InChI=1S/C62H63F8N11O5S3/c1-6-47(82)80-33(2)25-76(26-34(80)3)55-42-23-44(61(65,66)67)49(38-10-15-60(63,64)16-11-38)53-51(42)78(58(84)74-55)29-40(31-88-53)46-22-37(12-19-71-46)8-9-48(83)81-35(4)27-77(28-36(81)5)56-43-24-45(62(68,69)70)50(39-13-20-87-21-14-39)54-52(43)79(59(85)75-56)30-41(32-89-54)86-57-72-17-7-18-73-57/h6-9,12-13,17-19,22-24,33-36,38,40-41H,1,10-11,14-16,20-21,25-32H2,2-5H3/b9-8-/t33-,34+,35-,36+,40?,41-/m0/s1. The van der Waals surface area contributed by atoms with E-state index in [1.165, 1.54) is 51.6 Å². The summed E-state index contributed by atoms with van der Waals surface area (Å²) in [6, 6.07) is 5.23. The average molecular weight is 1290 g/mol. The Labute approximate surface area is 519 Å². The number of anilines is 2. The van der Waals surface area contributed by atoms with Gasteiger partial charge in [0.25, 0.3) is 0 Å². The molecule has 3 fully saturated rings. The van der Waals surface area contributed by atoms with Gasteiger partial charge in [-0.2, -0.15) is 48.1 Å². The molecule has 0 spiro atoms. The van der Waals surface area contributed by atoms with Crippen molar-refractivity contribution in [2.24, 2.45) is 0 Å². The van der Waals surface area contributed by atoms with Crippen LogP contribution in [0.15, 0.2) is 93.1 Å². The lowest BCUT2D eigenvalue weighted by atomic mass is 9.80.